The molecule has 2 nitrogen and oxygen atoms in total. The van der Waals surface area contributed by atoms with Gasteiger partial charge in [0.15, 0.2) is 0 Å². The summed E-state index contributed by atoms with van der Waals surface area (Å²) in [4.78, 5) is 4.24. The lowest BCUT2D eigenvalue weighted by molar-refractivity contribution is 0.617. The molecule has 0 aliphatic carbocycles. The molecule has 2 aromatic rings. The lowest BCUT2D eigenvalue weighted by Crippen LogP contribution is -1.97. The van der Waals surface area contributed by atoms with Crippen LogP contribution in [-0.4, -0.2) is 9.55 Å². The van der Waals surface area contributed by atoms with Gasteiger partial charge in [-0.15, -0.1) is 0 Å². The first kappa shape index (κ1) is 6.23. The van der Waals surface area contributed by atoms with E-state index in [1.807, 2.05) is 12.4 Å². The molecule has 0 bridgehead atoms. The van der Waals surface area contributed by atoms with Gasteiger partial charge in [-0.2, -0.15) is 0 Å². The Morgan fingerprint density at radius 1 is 1.50 bits per heavy atom. The molecular formula is C10H12N2. The number of aromatic nitrogens is 2. The molecule has 2 rings (SSSR count). The van der Waals surface area contributed by atoms with Crippen LogP contribution in [0.4, 0.5) is 0 Å². The minimum absolute atomic E-state index is 0.418. The van der Waals surface area contributed by atoms with E-state index in [-0.39, 0.29) is 0 Å². The predicted molar refractivity (Wildman–Crippen MR) is 50.1 cm³/mol. The van der Waals surface area contributed by atoms with Crippen molar-refractivity contribution >= 4 is 11.0 Å². The van der Waals surface area contributed by atoms with Crippen molar-refractivity contribution in [2.75, 3.05) is 0 Å². The summed E-state index contributed by atoms with van der Waals surface area (Å²) in [6.45, 7) is 4.24. The van der Waals surface area contributed by atoms with Crippen molar-refractivity contribution in [3.05, 3.63) is 30.6 Å². The zero-order valence-electron chi connectivity index (χ0n) is 8.28. The Bertz CT molecular complexity index is 431. The fraction of sp³-hybridized carbons (Fsp3) is 0.300. The summed E-state index contributed by atoms with van der Waals surface area (Å²) in [5, 5.41) is 0. The summed E-state index contributed by atoms with van der Waals surface area (Å²) in [7, 11) is 0. The first-order valence-electron chi connectivity index (χ1n) is 4.61. The summed E-state index contributed by atoms with van der Waals surface area (Å²) < 4.78 is 9.55. The Kier molecular flexibility index (Phi) is 1.36. The average Bonchev–Trinajstić information content (AvgIpc) is 2.46. The molecule has 1 heterocycles. The Morgan fingerprint density at radius 2 is 2.33 bits per heavy atom. The van der Waals surface area contributed by atoms with Gasteiger partial charge in [0, 0.05) is 6.04 Å². The van der Waals surface area contributed by atoms with Crippen molar-refractivity contribution < 1.29 is 1.37 Å². The molecule has 0 aliphatic heterocycles. The topological polar surface area (TPSA) is 17.8 Å². The van der Waals surface area contributed by atoms with Gasteiger partial charge >= 0.3 is 0 Å². The van der Waals surface area contributed by atoms with Crippen LogP contribution in [0, 0.1) is 0 Å². The second kappa shape index (κ2) is 2.63. The van der Waals surface area contributed by atoms with Crippen LogP contribution in [0.15, 0.2) is 30.6 Å². The van der Waals surface area contributed by atoms with E-state index in [0.29, 0.717) is 12.1 Å². The maximum absolute atomic E-state index is 7.44. The van der Waals surface area contributed by atoms with Gasteiger partial charge in [-0.3, -0.25) is 0 Å². The van der Waals surface area contributed by atoms with E-state index in [2.05, 4.69) is 23.4 Å². The Hall–Kier alpha value is -1.31. The average molecular weight is 162 g/mol. The van der Waals surface area contributed by atoms with Gasteiger partial charge in [0.1, 0.15) is 0 Å². The Labute approximate surface area is 73.3 Å². The van der Waals surface area contributed by atoms with Crippen molar-refractivity contribution in [2.45, 2.75) is 19.9 Å². The van der Waals surface area contributed by atoms with Gasteiger partial charge in [0.25, 0.3) is 0 Å². The number of hydrogen-bond acceptors (Lipinski definition) is 1. The van der Waals surface area contributed by atoms with E-state index in [1.165, 1.54) is 0 Å². The van der Waals surface area contributed by atoms with Crippen molar-refractivity contribution in [1.29, 1.82) is 0 Å². The van der Waals surface area contributed by atoms with Gasteiger partial charge in [-0.05, 0) is 26.0 Å². The maximum atomic E-state index is 7.44. The Balaban J connectivity index is 2.69. The third-order valence-electron chi connectivity index (χ3n) is 1.98. The van der Waals surface area contributed by atoms with E-state index < -0.39 is 0 Å². The van der Waals surface area contributed by atoms with Crippen molar-refractivity contribution in [2.24, 2.45) is 0 Å². The maximum Gasteiger partial charge on any atom is 0.0960 e. The molecule has 0 unspecified atom stereocenters. The number of para-hydroxylation sites is 2. The first-order chi connectivity index (χ1) is 6.18. The summed E-state index contributed by atoms with van der Waals surface area (Å²) in [6.07, 6.45) is 1.83. The lowest BCUT2D eigenvalue weighted by Gasteiger charge is -2.06. The molecule has 0 spiro atoms. The largest absolute Gasteiger partial charge is 0.328 e. The fourth-order valence-electron chi connectivity index (χ4n) is 1.33. The SMILES string of the molecule is [3H]c1ccc2c(c1)ncn2C(C)C. The van der Waals surface area contributed by atoms with Gasteiger partial charge in [0.05, 0.1) is 18.7 Å². The molecule has 0 amide bonds. The van der Waals surface area contributed by atoms with Crippen LogP contribution in [-0.2, 0) is 0 Å². The predicted octanol–water partition coefficient (Wildman–Crippen LogP) is 2.62. The third-order valence-corrected chi connectivity index (χ3v) is 1.98. The quantitative estimate of drug-likeness (QED) is 0.630. The molecule has 1 aromatic heterocycles. The molecule has 2 heteroatoms. The lowest BCUT2D eigenvalue weighted by atomic mass is 10.3. The molecular weight excluding hydrogens is 148 g/mol. The standard InChI is InChI=1S/C10H12N2/c1-8(2)12-7-11-9-5-3-4-6-10(9)12/h3-8H,1-2H3/i3T. The molecule has 0 fully saturated rings. The number of nitrogens with zero attached hydrogens (tertiary/aromatic N) is 2. The molecule has 12 heavy (non-hydrogen) atoms. The molecule has 62 valence electrons. The zero-order valence-corrected chi connectivity index (χ0v) is 7.28. The summed E-state index contributed by atoms with van der Waals surface area (Å²) in [6, 6.07) is 6.46. The van der Waals surface area contributed by atoms with Crippen LogP contribution >= 0.6 is 0 Å². The van der Waals surface area contributed by atoms with Crippen molar-refractivity contribution in [1.82, 2.24) is 9.55 Å². The highest BCUT2D eigenvalue weighted by Crippen LogP contribution is 2.15. The van der Waals surface area contributed by atoms with Crippen LogP contribution in [0.3, 0.4) is 0 Å². The monoisotopic (exact) mass is 162 g/mol. The second-order valence-corrected chi connectivity index (χ2v) is 3.16. The van der Waals surface area contributed by atoms with Gasteiger partial charge in [0.2, 0.25) is 0 Å². The van der Waals surface area contributed by atoms with Crippen LogP contribution in [0.5, 0.6) is 0 Å². The molecule has 0 N–H and O–H groups in total. The number of hydrogen-bond donors (Lipinski definition) is 0. The highest BCUT2D eigenvalue weighted by atomic mass is 15.1. The molecule has 0 radical (unpaired) electrons. The highest BCUT2D eigenvalue weighted by molar-refractivity contribution is 5.75. The normalized spacial score (nSPS) is 12.4. The number of rotatable bonds is 1. The number of fused-ring (bicyclic) bond motifs is 1. The van der Waals surface area contributed by atoms with E-state index in [4.69, 9.17) is 1.37 Å². The minimum Gasteiger partial charge on any atom is -0.328 e. The van der Waals surface area contributed by atoms with Gasteiger partial charge in [-0.25, -0.2) is 4.98 Å². The molecule has 0 atom stereocenters. The van der Waals surface area contributed by atoms with E-state index >= 15 is 0 Å². The zero-order chi connectivity index (χ0) is 9.42. The number of imidazole rings is 1. The van der Waals surface area contributed by atoms with Crippen LogP contribution in [0.2, 0.25) is 0 Å². The summed E-state index contributed by atoms with van der Waals surface area (Å²) >= 11 is 0. The molecule has 0 aliphatic rings. The minimum atomic E-state index is 0.418. The van der Waals surface area contributed by atoms with Crippen LogP contribution in [0.25, 0.3) is 11.0 Å². The summed E-state index contributed by atoms with van der Waals surface area (Å²) in [5.74, 6) is 0. The first-order valence-corrected chi connectivity index (χ1v) is 4.11. The third kappa shape index (κ3) is 0.998. The fourth-order valence-corrected chi connectivity index (χ4v) is 1.33. The smallest absolute Gasteiger partial charge is 0.0960 e. The Morgan fingerprint density at radius 3 is 3.08 bits per heavy atom. The van der Waals surface area contributed by atoms with Gasteiger partial charge < -0.3 is 4.57 Å². The van der Waals surface area contributed by atoms with Crippen molar-refractivity contribution in [3.8, 4) is 0 Å². The van der Waals surface area contributed by atoms with E-state index in [0.717, 1.165) is 11.0 Å². The van der Waals surface area contributed by atoms with Crippen molar-refractivity contribution in [3.63, 3.8) is 0 Å². The van der Waals surface area contributed by atoms with Crippen LogP contribution < -0.4 is 0 Å². The molecule has 0 saturated carbocycles. The van der Waals surface area contributed by atoms with Gasteiger partial charge in [-0.1, -0.05) is 12.1 Å². The second-order valence-electron chi connectivity index (χ2n) is 3.16. The van der Waals surface area contributed by atoms with Crippen LogP contribution in [0.1, 0.15) is 21.3 Å². The van der Waals surface area contributed by atoms with E-state index in [1.54, 1.807) is 12.1 Å². The number of benzene rings is 1. The summed E-state index contributed by atoms with van der Waals surface area (Å²) in [5.41, 5.74) is 2.01. The molecule has 0 saturated heterocycles. The highest BCUT2D eigenvalue weighted by Gasteiger charge is 2.02. The molecule has 1 aromatic carbocycles. The van der Waals surface area contributed by atoms with E-state index in [9.17, 15) is 0 Å².